The quantitative estimate of drug-likeness (QED) is 0.410. The Hall–Kier alpha value is -3.63. The van der Waals surface area contributed by atoms with E-state index in [1.165, 1.54) is 11.6 Å². The van der Waals surface area contributed by atoms with Gasteiger partial charge in [0.1, 0.15) is 5.82 Å². The molecule has 1 amide bonds. The zero-order valence-corrected chi connectivity index (χ0v) is 21.0. The number of imidazole rings is 2. The number of carbonyl (C=O) groups is 1. The first kappa shape index (κ1) is 24.5. The van der Waals surface area contributed by atoms with Crippen molar-refractivity contribution in [3.8, 4) is 0 Å². The molecule has 3 aromatic heterocycles. The van der Waals surface area contributed by atoms with E-state index in [1.807, 2.05) is 21.1 Å². The van der Waals surface area contributed by atoms with E-state index in [0.29, 0.717) is 35.0 Å². The number of unbranched alkanes of at least 4 members (excludes halogenated alkanes) is 6. The van der Waals surface area contributed by atoms with Gasteiger partial charge in [-0.15, -0.1) is 0 Å². The van der Waals surface area contributed by atoms with Gasteiger partial charge in [0.05, 0.1) is 12.7 Å². The first-order valence-corrected chi connectivity index (χ1v) is 12.1. The Morgan fingerprint density at radius 2 is 1.31 bits per heavy atom. The van der Waals surface area contributed by atoms with Gasteiger partial charge in [0.2, 0.25) is 0 Å². The number of aryl methyl sites for hydroxylation is 3. The molecular formula is C24H34N8O3. The monoisotopic (exact) mass is 482 g/mol. The van der Waals surface area contributed by atoms with Crippen LogP contribution in [0.15, 0.2) is 34.6 Å². The minimum atomic E-state index is -0.363. The molecule has 4 rings (SSSR count). The van der Waals surface area contributed by atoms with Crippen molar-refractivity contribution in [2.24, 2.45) is 14.1 Å². The molecule has 4 heterocycles. The minimum absolute atomic E-state index is 0.0636. The molecule has 0 fully saturated rings. The van der Waals surface area contributed by atoms with Crippen LogP contribution in [0.4, 0.5) is 5.82 Å². The summed E-state index contributed by atoms with van der Waals surface area (Å²) in [7, 11) is 6.74. The van der Waals surface area contributed by atoms with Gasteiger partial charge in [-0.25, -0.2) is 14.8 Å². The van der Waals surface area contributed by atoms with Gasteiger partial charge in [-0.05, 0) is 12.8 Å². The smallest absolute Gasteiger partial charge is 0.325 e. The highest BCUT2D eigenvalue weighted by atomic mass is 16.2. The Bertz CT molecular complexity index is 1380. The van der Waals surface area contributed by atoms with Crippen LogP contribution in [0.5, 0.6) is 0 Å². The van der Waals surface area contributed by atoms with E-state index in [-0.39, 0.29) is 17.2 Å². The molecule has 0 aliphatic carbocycles. The third-order valence-corrected chi connectivity index (χ3v) is 6.93. The number of carbonyl (C=O) groups excluding carboxylic acids is 1. The molecular weight excluding hydrogens is 448 g/mol. The van der Waals surface area contributed by atoms with Crippen LogP contribution in [-0.4, -0.2) is 53.1 Å². The van der Waals surface area contributed by atoms with E-state index in [4.69, 9.17) is 0 Å². The van der Waals surface area contributed by atoms with Crippen LogP contribution in [0.2, 0.25) is 0 Å². The molecule has 1 aliphatic rings. The maximum absolute atomic E-state index is 12.7. The summed E-state index contributed by atoms with van der Waals surface area (Å²) in [6, 6.07) is 0. The molecule has 0 saturated heterocycles. The lowest BCUT2D eigenvalue weighted by Gasteiger charge is -2.33. The number of amides is 1. The van der Waals surface area contributed by atoms with E-state index in [1.54, 1.807) is 31.6 Å². The maximum atomic E-state index is 12.7. The second kappa shape index (κ2) is 9.93. The fourth-order valence-electron chi connectivity index (χ4n) is 4.64. The minimum Gasteiger partial charge on any atom is -0.325 e. The normalized spacial score (nSPS) is 13.8. The average Bonchev–Trinajstić information content (AvgIpc) is 3.47. The van der Waals surface area contributed by atoms with Crippen molar-refractivity contribution in [1.29, 1.82) is 0 Å². The zero-order valence-electron chi connectivity index (χ0n) is 21.0. The van der Waals surface area contributed by atoms with E-state index < -0.39 is 0 Å². The second-order valence-corrected chi connectivity index (χ2v) is 9.24. The number of nitrogens with zero attached hydrogens (tertiary/aromatic N) is 8. The van der Waals surface area contributed by atoms with Gasteiger partial charge in [0.15, 0.2) is 22.7 Å². The Morgan fingerprint density at radius 1 is 0.743 bits per heavy atom. The van der Waals surface area contributed by atoms with Crippen molar-refractivity contribution in [3.05, 3.63) is 51.6 Å². The van der Waals surface area contributed by atoms with Crippen molar-refractivity contribution >= 4 is 22.9 Å². The fraction of sp³-hybridized carbons (Fsp3) is 0.542. The van der Waals surface area contributed by atoms with Gasteiger partial charge in [-0.3, -0.25) is 23.6 Å². The van der Waals surface area contributed by atoms with Gasteiger partial charge in [0.25, 0.3) is 11.5 Å². The number of aromatic nitrogens is 6. The summed E-state index contributed by atoms with van der Waals surface area (Å²) in [5, 5.41) is 0. The molecule has 35 heavy (non-hydrogen) atoms. The highest BCUT2D eigenvalue weighted by Crippen LogP contribution is 2.29. The lowest BCUT2D eigenvalue weighted by molar-refractivity contribution is 0.0815. The largest absolute Gasteiger partial charge is 0.332 e. The lowest BCUT2D eigenvalue weighted by atomic mass is 10.1. The lowest BCUT2D eigenvalue weighted by Crippen LogP contribution is -2.41. The van der Waals surface area contributed by atoms with Crippen LogP contribution in [0.25, 0.3) is 11.2 Å². The second-order valence-electron chi connectivity index (χ2n) is 9.24. The molecule has 11 nitrogen and oxygen atoms in total. The number of hydrogen-bond donors (Lipinski definition) is 0. The molecule has 0 saturated carbocycles. The van der Waals surface area contributed by atoms with Crippen molar-refractivity contribution < 1.29 is 4.79 Å². The van der Waals surface area contributed by atoms with Crippen molar-refractivity contribution in [1.82, 2.24) is 33.1 Å². The Labute approximate surface area is 203 Å². The summed E-state index contributed by atoms with van der Waals surface area (Å²) < 4.78 is 6.35. The predicted octanol–water partition coefficient (Wildman–Crippen LogP) is 2.05. The standard InChI is InChI=1S/C24H34N8O3/c1-17-27(2)20-18(22(33)28(17)3)31(15-25-20)13-11-9-7-6-8-10-12-14-32-16-26-21-19(32)23(34)30(5)24(35)29(21)4/h15-16H,1,6-14H2,2-5H3. The molecule has 0 N–H and O–H groups in total. The molecule has 0 aromatic carbocycles. The van der Waals surface area contributed by atoms with Crippen LogP contribution >= 0.6 is 0 Å². The number of hydrogen-bond acceptors (Lipinski definition) is 6. The van der Waals surface area contributed by atoms with Gasteiger partial charge in [0, 0.05) is 41.3 Å². The Balaban J connectivity index is 1.18. The van der Waals surface area contributed by atoms with Crippen LogP contribution in [0, 0.1) is 0 Å². The number of anilines is 1. The van der Waals surface area contributed by atoms with Crippen LogP contribution in [-0.2, 0) is 27.2 Å². The predicted molar refractivity (Wildman–Crippen MR) is 134 cm³/mol. The summed E-state index contributed by atoms with van der Waals surface area (Å²) in [5.74, 6) is 1.23. The van der Waals surface area contributed by atoms with E-state index in [0.717, 1.165) is 56.1 Å². The summed E-state index contributed by atoms with van der Waals surface area (Å²) in [5.41, 5.74) is 0.880. The van der Waals surface area contributed by atoms with Gasteiger partial charge >= 0.3 is 5.69 Å². The molecule has 1 aliphatic heterocycles. The summed E-state index contributed by atoms with van der Waals surface area (Å²) >= 11 is 0. The first-order valence-electron chi connectivity index (χ1n) is 12.1. The third kappa shape index (κ3) is 4.42. The molecule has 188 valence electrons. The molecule has 0 spiro atoms. The molecule has 0 atom stereocenters. The Kier molecular flexibility index (Phi) is 6.95. The molecule has 0 unspecified atom stereocenters. The van der Waals surface area contributed by atoms with E-state index in [9.17, 15) is 14.4 Å². The van der Waals surface area contributed by atoms with E-state index in [2.05, 4.69) is 16.5 Å². The van der Waals surface area contributed by atoms with Crippen LogP contribution in [0.1, 0.15) is 55.4 Å². The highest BCUT2D eigenvalue weighted by Gasteiger charge is 2.32. The number of fused-ring (bicyclic) bond motifs is 2. The van der Waals surface area contributed by atoms with Gasteiger partial charge in [-0.2, -0.15) is 0 Å². The van der Waals surface area contributed by atoms with E-state index >= 15 is 0 Å². The SMILES string of the molecule is C=C1N(C)C(=O)c2c(ncn2CCCCCCCCCn2cnc3c2c(=O)n(C)c(=O)n3C)N1C. The van der Waals surface area contributed by atoms with Gasteiger partial charge < -0.3 is 14.0 Å². The van der Waals surface area contributed by atoms with Crippen molar-refractivity contribution in [2.45, 2.75) is 58.0 Å². The fourth-order valence-corrected chi connectivity index (χ4v) is 4.64. The first-order chi connectivity index (χ1) is 16.7. The van der Waals surface area contributed by atoms with Crippen LogP contribution in [0.3, 0.4) is 0 Å². The van der Waals surface area contributed by atoms with Gasteiger partial charge in [-0.1, -0.05) is 38.7 Å². The zero-order chi connectivity index (χ0) is 25.3. The average molecular weight is 483 g/mol. The molecule has 0 bridgehead atoms. The van der Waals surface area contributed by atoms with Crippen molar-refractivity contribution in [3.63, 3.8) is 0 Å². The number of rotatable bonds is 10. The van der Waals surface area contributed by atoms with Crippen molar-refractivity contribution in [2.75, 3.05) is 19.0 Å². The summed E-state index contributed by atoms with van der Waals surface area (Å²) in [6.07, 6.45) is 10.9. The highest BCUT2D eigenvalue weighted by molar-refractivity contribution is 6.01. The maximum Gasteiger partial charge on any atom is 0.332 e. The summed E-state index contributed by atoms with van der Waals surface area (Å²) in [6.45, 7) is 5.42. The Morgan fingerprint density at radius 3 is 1.97 bits per heavy atom. The van der Waals surface area contributed by atoms with Crippen LogP contribution < -0.4 is 16.1 Å². The molecule has 0 radical (unpaired) electrons. The summed E-state index contributed by atoms with van der Waals surface area (Å²) in [4.78, 5) is 49.3. The molecule has 3 aromatic rings. The topological polar surface area (TPSA) is 103 Å². The molecule has 11 heteroatoms. The third-order valence-electron chi connectivity index (χ3n) is 6.93.